The van der Waals surface area contributed by atoms with Gasteiger partial charge in [0.05, 0.1) is 11.0 Å². The van der Waals surface area contributed by atoms with E-state index in [-0.39, 0.29) is 24.3 Å². The fraction of sp³-hybridized carbons (Fsp3) is 0.129. The van der Waals surface area contributed by atoms with Gasteiger partial charge in [-0.2, -0.15) is 0 Å². The fourth-order valence-corrected chi connectivity index (χ4v) is 12.3. The van der Waals surface area contributed by atoms with Gasteiger partial charge in [-0.15, -0.1) is 0 Å². The Morgan fingerprint density at radius 3 is 1.12 bits per heavy atom. The summed E-state index contributed by atoms with van der Waals surface area (Å²) in [6.07, 6.45) is 0. The zero-order valence-corrected chi connectivity index (χ0v) is 39.4. The molecule has 0 atom stereocenters. The van der Waals surface area contributed by atoms with Gasteiger partial charge in [-0.1, -0.05) is 145 Å². The molecule has 5 heterocycles. The van der Waals surface area contributed by atoms with Gasteiger partial charge < -0.3 is 19.3 Å². The maximum absolute atomic E-state index is 2.61. The van der Waals surface area contributed by atoms with Crippen LogP contribution >= 0.6 is 0 Å². The predicted molar refractivity (Wildman–Crippen MR) is 292 cm³/mol. The SMILES string of the molecule is CC(C)(C)c1ccc2c(c1)c1cc(C(C)(C)C)ccc1n2-c1ccc(N2c3ccccc3B3c4ccccc4N4c5ccccc5B5c6ccccc6N(c6ccccc6)c6cc2c3c4c65)cc1. The quantitative estimate of drug-likeness (QED) is 0.164. The molecule has 9 aromatic carbocycles. The lowest BCUT2D eigenvalue weighted by Gasteiger charge is -2.51. The second-order valence-corrected chi connectivity index (χ2v) is 21.3. The largest absolute Gasteiger partial charge is 0.312 e. The summed E-state index contributed by atoms with van der Waals surface area (Å²) in [4.78, 5) is 7.70. The van der Waals surface area contributed by atoms with Gasteiger partial charge in [0.1, 0.15) is 0 Å². The Hall–Kier alpha value is -7.69. The Balaban J connectivity index is 1.03. The number of hydrogen-bond acceptors (Lipinski definition) is 3. The lowest BCUT2D eigenvalue weighted by atomic mass is 9.29. The summed E-state index contributed by atoms with van der Waals surface area (Å²) in [5.74, 6) is 0. The number of anilines is 9. The highest BCUT2D eigenvalue weighted by Crippen LogP contribution is 2.50. The number of nitrogens with zero attached hydrogens (tertiary/aromatic N) is 4. The van der Waals surface area contributed by atoms with Crippen molar-refractivity contribution < 1.29 is 0 Å². The van der Waals surface area contributed by atoms with Crippen LogP contribution in [0.3, 0.4) is 0 Å². The minimum absolute atomic E-state index is 0.0368. The highest BCUT2D eigenvalue weighted by molar-refractivity contribution is 7.04. The van der Waals surface area contributed by atoms with Crippen LogP contribution in [0.2, 0.25) is 0 Å². The topological polar surface area (TPSA) is 14.7 Å². The van der Waals surface area contributed by atoms with Crippen LogP contribution in [0, 0.1) is 0 Å². The molecule has 14 rings (SSSR count). The van der Waals surface area contributed by atoms with Crippen molar-refractivity contribution in [2.75, 3.05) is 14.7 Å². The molecule has 0 saturated carbocycles. The van der Waals surface area contributed by atoms with Crippen LogP contribution in [0.1, 0.15) is 52.7 Å². The third-order valence-corrected chi connectivity index (χ3v) is 15.5. The number of benzene rings is 9. The first kappa shape index (κ1) is 39.5. The van der Waals surface area contributed by atoms with Gasteiger partial charge >= 0.3 is 0 Å². The molecule has 324 valence electrons. The molecular weight excluding hydrogens is 822 g/mol. The molecule has 68 heavy (non-hydrogen) atoms. The van der Waals surface area contributed by atoms with Crippen LogP contribution < -0.4 is 47.5 Å². The summed E-state index contributed by atoms with van der Waals surface area (Å²) in [6.45, 7) is 14.0. The molecule has 0 fully saturated rings. The number of para-hydroxylation sites is 5. The average molecular weight is 873 g/mol. The molecule has 10 aromatic rings. The van der Waals surface area contributed by atoms with Crippen molar-refractivity contribution in [3.8, 4) is 5.69 Å². The number of aromatic nitrogens is 1. The molecule has 0 radical (unpaired) electrons. The van der Waals surface area contributed by atoms with E-state index < -0.39 is 0 Å². The maximum Gasteiger partial charge on any atom is 0.252 e. The zero-order valence-electron chi connectivity index (χ0n) is 39.4. The van der Waals surface area contributed by atoms with Crippen molar-refractivity contribution in [3.63, 3.8) is 0 Å². The highest BCUT2D eigenvalue weighted by atomic mass is 15.2. The van der Waals surface area contributed by atoms with E-state index in [9.17, 15) is 0 Å². The van der Waals surface area contributed by atoms with Crippen LogP contribution in [0.5, 0.6) is 0 Å². The van der Waals surface area contributed by atoms with Crippen LogP contribution in [0.25, 0.3) is 27.5 Å². The van der Waals surface area contributed by atoms with Gasteiger partial charge in [-0.3, -0.25) is 0 Å². The van der Waals surface area contributed by atoms with Gasteiger partial charge in [0.2, 0.25) is 0 Å². The van der Waals surface area contributed by atoms with E-state index in [1.807, 2.05) is 0 Å². The molecule has 4 aliphatic heterocycles. The fourth-order valence-electron chi connectivity index (χ4n) is 12.3. The minimum Gasteiger partial charge on any atom is -0.312 e. The summed E-state index contributed by atoms with van der Waals surface area (Å²) < 4.78 is 2.47. The van der Waals surface area contributed by atoms with Gasteiger partial charge in [-0.25, -0.2) is 0 Å². The predicted octanol–water partition coefficient (Wildman–Crippen LogP) is 12.1. The van der Waals surface area contributed by atoms with E-state index in [2.05, 4.69) is 255 Å². The van der Waals surface area contributed by atoms with E-state index >= 15 is 0 Å². The first-order valence-electron chi connectivity index (χ1n) is 24.3. The first-order chi connectivity index (χ1) is 33.0. The Labute approximate surface area is 399 Å². The number of fused-ring (bicyclic) bond motifs is 13. The molecule has 4 aliphatic rings. The lowest BCUT2D eigenvalue weighted by molar-refractivity contribution is 0.590. The van der Waals surface area contributed by atoms with Crippen LogP contribution in [0.15, 0.2) is 194 Å². The van der Waals surface area contributed by atoms with Crippen LogP contribution in [-0.4, -0.2) is 18.0 Å². The van der Waals surface area contributed by atoms with E-state index in [0.29, 0.717) is 0 Å². The molecule has 0 spiro atoms. The van der Waals surface area contributed by atoms with Gasteiger partial charge in [-0.05, 0) is 146 Å². The number of hydrogen-bond donors (Lipinski definition) is 0. The maximum atomic E-state index is 2.61. The zero-order chi connectivity index (χ0) is 45.8. The Kier molecular flexibility index (Phi) is 8.09. The van der Waals surface area contributed by atoms with E-state index in [0.717, 1.165) is 17.1 Å². The van der Waals surface area contributed by atoms with Crippen molar-refractivity contribution in [2.24, 2.45) is 0 Å². The second-order valence-electron chi connectivity index (χ2n) is 21.3. The van der Waals surface area contributed by atoms with Gasteiger partial charge in [0.25, 0.3) is 13.4 Å². The van der Waals surface area contributed by atoms with E-state index in [1.165, 1.54) is 106 Å². The molecule has 0 amide bonds. The summed E-state index contributed by atoms with van der Waals surface area (Å²) in [5, 5.41) is 2.60. The third kappa shape index (κ3) is 5.40. The molecule has 0 unspecified atom stereocenters. The van der Waals surface area contributed by atoms with Gasteiger partial charge in [0.15, 0.2) is 0 Å². The molecule has 6 heteroatoms. The Bertz CT molecular complexity index is 3650. The van der Waals surface area contributed by atoms with E-state index in [1.54, 1.807) is 0 Å². The monoisotopic (exact) mass is 872 g/mol. The standard InChI is InChI=1S/C62H50B2N4/c1-61(2,3)39-28-34-50-44(36-39)45-37-40(62(4,5)6)29-35-51(45)65(50)42-30-32-43(33-31-42)67-53-25-15-11-21-47(53)64-49-23-13-17-27-55(49)68-54-26-16-12-22-48(54)63-46-20-10-14-24-52(46)66(41-18-8-7-9-19-41)56-38-57(67)59(64)60(68)58(56)63/h7-38H,1-6H3. The molecule has 1 aromatic heterocycles. The molecule has 0 saturated heterocycles. The summed E-state index contributed by atoms with van der Waals surface area (Å²) >= 11 is 0. The number of rotatable bonds is 3. The Morgan fingerprint density at radius 2 is 0.691 bits per heavy atom. The molecule has 0 aliphatic carbocycles. The smallest absolute Gasteiger partial charge is 0.252 e. The molecule has 0 N–H and O–H groups in total. The summed E-state index contributed by atoms with van der Waals surface area (Å²) in [5.41, 5.74) is 25.4. The molecule has 0 bridgehead atoms. The van der Waals surface area contributed by atoms with E-state index in [4.69, 9.17) is 0 Å². The Morgan fingerprint density at radius 1 is 0.324 bits per heavy atom. The first-order valence-corrected chi connectivity index (χ1v) is 24.3. The van der Waals surface area contributed by atoms with Gasteiger partial charge in [0, 0.05) is 67.6 Å². The molecule has 4 nitrogen and oxygen atoms in total. The second kappa shape index (κ2) is 13.9. The minimum atomic E-state index is 0.0368. The average Bonchev–Trinajstić information content (AvgIpc) is 3.69. The third-order valence-electron chi connectivity index (χ3n) is 15.5. The summed E-state index contributed by atoms with van der Waals surface area (Å²) in [7, 11) is 0. The van der Waals surface area contributed by atoms with Crippen LogP contribution in [0.4, 0.5) is 51.2 Å². The van der Waals surface area contributed by atoms with Crippen molar-refractivity contribution >= 4 is 119 Å². The summed E-state index contributed by atoms with van der Waals surface area (Å²) in [6, 6.07) is 73.7. The van der Waals surface area contributed by atoms with Crippen molar-refractivity contribution in [3.05, 3.63) is 205 Å². The normalized spacial score (nSPS) is 14.2. The van der Waals surface area contributed by atoms with Crippen molar-refractivity contribution in [2.45, 2.75) is 52.4 Å². The molecular formula is C62H50B2N4. The highest BCUT2D eigenvalue weighted by Gasteiger charge is 2.51. The van der Waals surface area contributed by atoms with Crippen LogP contribution in [-0.2, 0) is 10.8 Å². The lowest BCUT2D eigenvalue weighted by Crippen LogP contribution is -2.68. The van der Waals surface area contributed by atoms with Crippen molar-refractivity contribution in [1.82, 2.24) is 4.57 Å². The van der Waals surface area contributed by atoms with Crippen molar-refractivity contribution in [1.29, 1.82) is 0 Å².